The lowest BCUT2D eigenvalue weighted by molar-refractivity contribution is 0.103. The SMILES string of the molecule is Cc1cc(CNS(=O)(=O)Cc2cccnc2)n(C)c1C(=O)c1ccccc1.Cl. The van der Waals surface area contributed by atoms with Gasteiger partial charge in [-0.3, -0.25) is 9.78 Å². The molecule has 0 spiro atoms. The Morgan fingerprint density at radius 1 is 1.14 bits per heavy atom. The van der Waals surface area contributed by atoms with Crippen LogP contribution in [-0.2, 0) is 29.4 Å². The van der Waals surface area contributed by atoms with Gasteiger partial charge in [-0.1, -0.05) is 36.4 Å². The number of carbonyl (C=O) groups excluding carboxylic acids is 1. The van der Waals surface area contributed by atoms with Gasteiger partial charge >= 0.3 is 0 Å². The lowest BCUT2D eigenvalue weighted by Crippen LogP contribution is -2.26. The van der Waals surface area contributed by atoms with Crippen LogP contribution in [0.4, 0.5) is 0 Å². The van der Waals surface area contributed by atoms with Crippen molar-refractivity contribution < 1.29 is 13.2 Å². The van der Waals surface area contributed by atoms with E-state index in [-0.39, 0.29) is 30.5 Å². The smallest absolute Gasteiger partial charge is 0.216 e. The quantitative estimate of drug-likeness (QED) is 0.597. The van der Waals surface area contributed by atoms with E-state index in [2.05, 4.69) is 9.71 Å². The van der Waals surface area contributed by atoms with Crippen LogP contribution in [0.1, 0.15) is 32.9 Å². The highest BCUT2D eigenvalue weighted by Gasteiger charge is 2.19. The number of pyridine rings is 1. The minimum absolute atomic E-state index is 0. The van der Waals surface area contributed by atoms with Gasteiger partial charge in [0.15, 0.2) is 0 Å². The van der Waals surface area contributed by atoms with Crippen molar-refractivity contribution in [2.45, 2.75) is 19.2 Å². The minimum atomic E-state index is -3.51. The number of halogens is 1. The van der Waals surface area contributed by atoms with Crippen molar-refractivity contribution >= 4 is 28.2 Å². The van der Waals surface area contributed by atoms with Crippen molar-refractivity contribution in [3.63, 3.8) is 0 Å². The topological polar surface area (TPSA) is 81.1 Å². The van der Waals surface area contributed by atoms with Crippen LogP contribution in [0.25, 0.3) is 0 Å². The number of rotatable bonds is 7. The maximum absolute atomic E-state index is 12.8. The molecule has 3 rings (SSSR count). The first-order valence-corrected chi connectivity index (χ1v) is 10.1. The third kappa shape index (κ3) is 5.07. The summed E-state index contributed by atoms with van der Waals surface area (Å²) < 4.78 is 29.0. The largest absolute Gasteiger partial charge is 0.343 e. The van der Waals surface area contributed by atoms with E-state index in [0.717, 1.165) is 11.3 Å². The van der Waals surface area contributed by atoms with Crippen LogP contribution >= 0.6 is 12.4 Å². The van der Waals surface area contributed by atoms with Gasteiger partial charge < -0.3 is 4.57 Å². The van der Waals surface area contributed by atoms with E-state index in [1.807, 2.05) is 31.2 Å². The lowest BCUT2D eigenvalue weighted by Gasteiger charge is -2.10. The van der Waals surface area contributed by atoms with Crippen LogP contribution in [0.3, 0.4) is 0 Å². The molecule has 6 nitrogen and oxygen atoms in total. The molecule has 0 fully saturated rings. The number of sulfonamides is 1. The number of benzene rings is 1. The molecule has 0 atom stereocenters. The second-order valence-corrected chi connectivity index (χ2v) is 8.17. The van der Waals surface area contributed by atoms with Gasteiger partial charge in [0.05, 0.1) is 18.0 Å². The fourth-order valence-corrected chi connectivity index (χ4v) is 4.07. The molecule has 0 amide bonds. The average Bonchev–Trinajstić information content (AvgIpc) is 2.94. The van der Waals surface area contributed by atoms with E-state index in [4.69, 9.17) is 0 Å². The van der Waals surface area contributed by atoms with Crippen molar-refractivity contribution in [2.75, 3.05) is 0 Å². The van der Waals surface area contributed by atoms with Crippen LogP contribution < -0.4 is 4.72 Å². The van der Waals surface area contributed by atoms with E-state index in [0.29, 0.717) is 16.8 Å². The highest BCUT2D eigenvalue weighted by Crippen LogP contribution is 2.18. The van der Waals surface area contributed by atoms with E-state index in [1.165, 1.54) is 6.20 Å². The summed E-state index contributed by atoms with van der Waals surface area (Å²) in [5.74, 6) is -0.222. The van der Waals surface area contributed by atoms with Gasteiger partial charge in [-0.25, -0.2) is 13.1 Å². The van der Waals surface area contributed by atoms with Crippen molar-refractivity contribution in [1.29, 1.82) is 0 Å². The summed E-state index contributed by atoms with van der Waals surface area (Å²) in [6.07, 6.45) is 3.13. The van der Waals surface area contributed by atoms with Gasteiger partial charge in [0.25, 0.3) is 0 Å². The monoisotopic (exact) mass is 419 g/mol. The Hall–Kier alpha value is -2.48. The Labute approximate surface area is 171 Å². The molecule has 1 N–H and O–H groups in total. The van der Waals surface area contributed by atoms with Crippen molar-refractivity contribution in [3.05, 3.63) is 89.0 Å². The van der Waals surface area contributed by atoms with Crippen molar-refractivity contribution in [3.8, 4) is 0 Å². The van der Waals surface area contributed by atoms with Crippen molar-refractivity contribution in [1.82, 2.24) is 14.3 Å². The maximum atomic E-state index is 12.8. The number of ketones is 1. The molecule has 0 bridgehead atoms. The van der Waals surface area contributed by atoms with Crippen LogP contribution in [-0.4, -0.2) is 23.8 Å². The predicted molar refractivity (Wildman–Crippen MR) is 111 cm³/mol. The number of aromatic nitrogens is 2. The number of hydrogen-bond acceptors (Lipinski definition) is 4. The molecule has 0 radical (unpaired) electrons. The van der Waals surface area contributed by atoms with Gasteiger partial charge in [-0.2, -0.15) is 0 Å². The third-order valence-corrected chi connectivity index (χ3v) is 5.62. The van der Waals surface area contributed by atoms with E-state index in [9.17, 15) is 13.2 Å². The highest BCUT2D eigenvalue weighted by atomic mass is 35.5. The fourth-order valence-electron chi connectivity index (χ4n) is 2.99. The summed E-state index contributed by atoms with van der Waals surface area (Å²) in [5.41, 5.74) is 3.32. The molecule has 0 aliphatic heterocycles. The number of hydrogen-bond donors (Lipinski definition) is 1. The Morgan fingerprint density at radius 2 is 1.86 bits per heavy atom. The van der Waals surface area contributed by atoms with Crippen LogP contribution in [0.15, 0.2) is 60.9 Å². The Bertz CT molecular complexity index is 1050. The molecule has 28 heavy (non-hydrogen) atoms. The Kier molecular flexibility index (Phi) is 7.12. The Balaban J connectivity index is 0.00000280. The summed E-state index contributed by atoms with van der Waals surface area (Å²) >= 11 is 0. The molecule has 0 saturated carbocycles. The second kappa shape index (κ2) is 9.14. The average molecular weight is 420 g/mol. The summed E-state index contributed by atoms with van der Waals surface area (Å²) in [5, 5.41) is 0. The van der Waals surface area contributed by atoms with Crippen molar-refractivity contribution in [2.24, 2.45) is 7.05 Å². The van der Waals surface area contributed by atoms with Gasteiger partial charge in [0, 0.05) is 30.7 Å². The molecule has 2 heterocycles. The van der Waals surface area contributed by atoms with E-state index >= 15 is 0 Å². The molecule has 148 valence electrons. The lowest BCUT2D eigenvalue weighted by atomic mass is 10.1. The van der Waals surface area contributed by atoms with E-state index < -0.39 is 10.0 Å². The molecule has 0 unspecified atom stereocenters. The molecule has 8 heteroatoms. The molecule has 0 aliphatic carbocycles. The zero-order chi connectivity index (χ0) is 19.4. The fraction of sp³-hybridized carbons (Fsp3) is 0.200. The number of carbonyl (C=O) groups is 1. The highest BCUT2D eigenvalue weighted by molar-refractivity contribution is 7.88. The predicted octanol–water partition coefficient (Wildman–Crippen LogP) is 3.00. The number of aryl methyl sites for hydroxylation is 1. The summed E-state index contributed by atoms with van der Waals surface area (Å²) in [4.78, 5) is 16.7. The van der Waals surface area contributed by atoms with Gasteiger partial charge in [-0.05, 0) is 30.2 Å². The zero-order valence-corrected chi connectivity index (χ0v) is 17.3. The molecule has 0 saturated heterocycles. The maximum Gasteiger partial charge on any atom is 0.216 e. The van der Waals surface area contributed by atoms with Crippen LogP contribution in [0, 0.1) is 6.92 Å². The summed E-state index contributed by atoms with van der Waals surface area (Å²) in [6.45, 7) is 1.96. The second-order valence-electron chi connectivity index (χ2n) is 6.36. The molecule has 1 aromatic carbocycles. The first kappa shape index (κ1) is 21.8. The van der Waals surface area contributed by atoms with Crippen LogP contribution in [0.5, 0.6) is 0 Å². The number of nitrogens with zero attached hydrogens (tertiary/aromatic N) is 2. The van der Waals surface area contributed by atoms with Gasteiger partial charge in [0.2, 0.25) is 15.8 Å². The van der Waals surface area contributed by atoms with E-state index in [1.54, 1.807) is 42.1 Å². The zero-order valence-electron chi connectivity index (χ0n) is 15.6. The standard InChI is InChI=1S/C20H21N3O3S.ClH/c1-15-11-18(13-22-27(25,26)14-16-7-6-10-21-12-16)23(2)19(15)20(24)17-8-4-3-5-9-17;/h3-12,22H,13-14H2,1-2H3;1H. The first-order valence-electron chi connectivity index (χ1n) is 8.48. The molecule has 3 aromatic rings. The Morgan fingerprint density at radius 3 is 2.50 bits per heavy atom. The number of nitrogens with one attached hydrogen (secondary N) is 1. The van der Waals surface area contributed by atoms with Gasteiger partial charge in [-0.15, -0.1) is 12.4 Å². The minimum Gasteiger partial charge on any atom is -0.343 e. The third-order valence-electron chi connectivity index (χ3n) is 4.33. The van der Waals surface area contributed by atoms with Crippen LogP contribution in [0.2, 0.25) is 0 Å². The van der Waals surface area contributed by atoms with Gasteiger partial charge in [0.1, 0.15) is 0 Å². The first-order chi connectivity index (χ1) is 12.9. The molecular weight excluding hydrogens is 398 g/mol. The molecular formula is C20H22ClN3O3S. The summed E-state index contributed by atoms with van der Waals surface area (Å²) in [6, 6.07) is 14.3. The summed E-state index contributed by atoms with van der Waals surface area (Å²) in [7, 11) is -1.74. The molecule has 0 aliphatic rings. The normalized spacial score (nSPS) is 11.1. The molecule has 2 aromatic heterocycles.